The standard InChI is InChI=1S/C20H29N5S/c1-16-7-9-18(26-16)15-24-20(21-2)23-14-17-8-10-19(22-13-17)25-11-5-3-4-6-12-25/h7-10,13H,3-6,11-12,14-15H2,1-2H3,(H2,21,23,24). The summed E-state index contributed by atoms with van der Waals surface area (Å²) >= 11 is 1.81. The largest absolute Gasteiger partial charge is 0.357 e. The average molecular weight is 372 g/mol. The molecule has 1 aliphatic heterocycles. The number of aromatic nitrogens is 1. The van der Waals surface area contributed by atoms with Gasteiger partial charge in [0, 0.05) is 42.6 Å². The van der Waals surface area contributed by atoms with Crippen molar-refractivity contribution in [1.82, 2.24) is 15.6 Å². The molecule has 0 saturated carbocycles. The zero-order valence-electron chi connectivity index (χ0n) is 15.8. The van der Waals surface area contributed by atoms with Gasteiger partial charge in [-0.3, -0.25) is 4.99 Å². The number of nitrogens with zero attached hydrogens (tertiary/aromatic N) is 3. The molecule has 5 nitrogen and oxygen atoms in total. The zero-order chi connectivity index (χ0) is 18.2. The molecule has 6 heteroatoms. The predicted octanol–water partition coefficient (Wildman–Crippen LogP) is 3.70. The number of pyridine rings is 1. The van der Waals surface area contributed by atoms with E-state index in [0.717, 1.165) is 38.0 Å². The highest BCUT2D eigenvalue weighted by atomic mass is 32.1. The van der Waals surface area contributed by atoms with E-state index in [-0.39, 0.29) is 0 Å². The second-order valence-corrected chi connectivity index (χ2v) is 8.09. The predicted molar refractivity (Wildman–Crippen MR) is 111 cm³/mol. The fourth-order valence-electron chi connectivity index (χ4n) is 3.17. The van der Waals surface area contributed by atoms with E-state index in [2.05, 4.69) is 56.7 Å². The second kappa shape index (κ2) is 9.57. The van der Waals surface area contributed by atoms with Crippen LogP contribution in [0.25, 0.3) is 0 Å². The third-order valence-electron chi connectivity index (χ3n) is 4.65. The summed E-state index contributed by atoms with van der Waals surface area (Å²) in [6.07, 6.45) is 7.21. The van der Waals surface area contributed by atoms with Gasteiger partial charge in [0.1, 0.15) is 5.82 Å². The molecule has 2 aromatic rings. The van der Waals surface area contributed by atoms with Gasteiger partial charge in [0.25, 0.3) is 0 Å². The van der Waals surface area contributed by atoms with E-state index in [0.29, 0.717) is 0 Å². The van der Waals surface area contributed by atoms with Gasteiger partial charge in [0.2, 0.25) is 0 Å². The van der Waals surface area contributed by atoms with Crippen molar-refractivity contribution in [2.45, 2.75) is 45.7 Å². The highest BCUT2D eigenvalue weighted by molar-refractivity contribution is 7.11. The molecule has 26 heavy (non-hydrogen) atoms. The first-order valence-electron chi connectivity index (χ1n) is 9.44. The summed E-state index contributed by atoms with van der Waals surface area (Å²) in [5.74, 6) is 1.92. The molecule has 1 fully saturated rings. The number of aryl methyl sites for hydroxylation is 1. The molecule has 0 amide bonds. The van der Waals surface area contributed by atoms with Crippen LogP contribution in [0, 0.1) is 6.92 Å². The van der Waals surface area contributed by atoms with E-state index in [9.17, 15) is 0 Å². The Labute approximate surface area is 160 Å². The minimum atomic E-state index is 0.719. The lowest BCUT2D eigenvalue weighted by Crippen LogP contribution is -2.36. The maximum absolute atomic E-state index is 4.67. The molecule has 1 aliphatic rings. The summed E-state index contributed by atoms with van der Waals surface area (Å²) in [5, 5.41) is 6.72. The van der Waals surface area contributed by atoms with Gasteiger partial charge >= 0.3 is 0 Å². The quantitative estimate of drug-likeness (QED) is 0.622. The van der Waals surface area contributed by atoms with Crippen LogP contribution in [0.3, 0.4) is 0 Å². The van der Waals surface area contributed by atoms with Gasteiger partial charge in [-0.05, 0) is 43.5 Å². The van der Waals surface area contributed by atoms with E-state index in [4.69, 9.17) is 0 Å². The highest BCUT2D eigenvalue weighted by Crippen LogP contribution is 2.17. The Morgan fingerprint density at radius 2 is 1.85 bits per heavy atom. The monoisotopic (exact) mass is 371 g/mol. The van der Waals surface area contributed by atoms with E-state index < -0.39 is 0 Å². The second-order valence-electron chi connectivity index (χ2n) is 6.72. The molecular formula is C20H29N5S. The molecular weight excluding hydrogens is 342 g/mol. The van der Waals surface area contributed by atoms with Gasteiger partial charge in [-0.25, -0.2) is 4.98 Å². The van der Waals surface area contributed by atoms with Crippen molar-refractivity contribution < 1.29 is 0 Å². The summed E-state index contributed by atoms with van der Waals surface area (Å²) in [4.78, 5) is 14.0. The summed E-state index contributed by atoms with van der Waals surface area (Å²) in [6.45, 7) is 5.90. The molecule has 0 aliphatic carbocycles. The molecule has 0 bridgehead atoms. The molecule has 2 N–H and O–H groups in total. The number of nitrogens with one attached hydrogen (secondary N) is 2. The topological polar surface area (TPSA) is 52.6 Å². The maximum Gasteiger partial charge on any atom is 0.191 e. The normalized spacial score (nSPS) is 15.6. The van der Waals surface area contributed by atoms with Gasteiger partial charge in [-0.2, -0.15) is 0 Å². The molecule has 0 unspecified atom stereocenters. The molecule has 3 heterocycles. The summed E-state index contributed by atoms with van der Waals surface area (Å²) < 4.78 is 0. The number of thiophene rings is 1. The average Bonchev–Trinajstić information content (AvgIpc) is 2.91. The van der Waals surface area contributed by atoms with Crippen LogP contribution in [0.1, 0.15) is 41.0 Å². The summed E-state index contributed by atoms with van der Waals surface area (Å²) in [7, 11) is 1.80. The summed E-state index contributed by atoms with van der Waals surface area (Å²) in [5.41, 5.74) is 1.17. The number of rotatable bonds is 5. The van der Waals surface area contributed by atoms with Crippen molar-refractivity contribution in [2.75, 3.05) is 25.0 Å². The van der Waals surface area contributed by atoms with Crippen molar-refractivity contribution in [1.29, 1.82) is 0 Å². The molecule has 0 aromatic carbocycles. The number of guanidine groups is 1. The molecule has 3 rings (SSSR count). The van der Waals surface area contributed by atoms with E-state index in [1.54, 1.807) is 7.05 Å². The van der Waals surface area contributed by atoms with E-state index in [1.807, 2.05) is 17.5 Å². The lowest BCUT2D eigenvalue weighted by atomic mass is 10.2. The third kappa shape index (κ3) is 5.46. The van der Waals surface area contributed by atoms with Crippen molar-refractivity contribution in [3.63, 3.8) is 0 Å². The van der Waals surface area contributed by atoms with Gasteiger partial charge < -0.3 is 15.5 Å². The Morgan fingerprint density at radius 3 is 2.46 bits per heavy atom. The zero-order valence-corrected chi connectivity index (χ0v) is 16.6. The Balaban J connectivity index is 1.48. The summed E-state index contributed by atoms with van der Waals surface area (Å²) in [6, 6.07) is 8.62. The minimum Gasteiger partial charge on any atom is -0.357 e. The molecule has 140 valence electrons. The Kier molecular flexibility index (Phi) is 6.89. The first kappa shape index (κ1) is 18.7. The first-order chi connectivity index (χ1) is 12.7. The number of hydrogen-bond acceptors (Lipinski definition) is 4. The Hall–Kier alpha value is -2.08. The molecule has 0 atom stereocenters. The Bertz CT molecular complexity index is 699. The van der Waals surface area contributed by atoms with Gasteiger partial charge in [0.15, 0.2) is 5.96 Å². The van der Waals surface area contributed by atoms with Crippen LogP contribution in [0.5, 0.6) is 0 Å². The van der Waals surface area contributed by atoms with E-state index >= 15 is 0 Å². The van der Waals surface area contributed by atoms with E-state index in [1.165, 1.54) is 41.0 Å². The fourth-order valence-corrected chi connectivity index (χ4v) is 4.00. The molecule has 0 spiro atoms. The SMILES string of the molecule is CN=C(NCc1ccc(N2CCCCCC2)nc1)NCc1ccc(C)s1. The van der Waals surface area contributed by atoms with Crippen LogP contribution in [0.15, 0.2) is 35.5 Å². The van der Waals surface area contributed by atoms with Gasteiger partial charge in [-0.1, -0.05) is 18.9 Å². The molecule has 1 saturated heterocycles. The van der Waals surface area contributed by atoms with Crippen LogP contribution >= 0.6 is 11.3 Å². The van der Waals surface area contributed by atoms with Crippen molar-refractivity contribution in [3.8, 4) is 0 Å². The van der Waals surface area contributed by atoms with Gasteiger partial charge in [-0.15, -0.1) is 11.3 Å². The first-order valence-corrected chi connectivity index (χ1v) is 10.3. The van der Waals surface area contributed by atoms with Crippen LogP contribution in [0.2, 0.25) is 0 Å². The van der Waals surface area contributed by atoms with Crippen molar-refractivity contribution >= 4 is 23.1 Å². The number of aliphatic imine (C=N–C) groups is 1. The fraction of sp³-hybridized carbons (Fsp3) is 0.500. The third-order valence-corrected chi connectivity index (χ3v) is 5.65. The lowest BCUT2D eigenvalue weighted by Gasteiger charge is -2.21. The van der Waals surface area contributed by atoms with Crippen LogP contribution in [-0.2, 0) is 13.1 Å². The highest BCUT2D eigenvalue weighted by Gasteiger charge is 2.10. The van der Waals surface area contributed by atoms with Gasteiger partial charge in [0.05, 0.1) is 6.54 Å². The maximum atomic E-state index is 4.67. The number of anilines is 1. The smallest absolute Gasteiger partial charge is 0.191 e. The molecule has 0 radical (unpaired) electrons. The van der Waals surface area contributed by atoms with Crippen LogP contribution in [0.4, 0.5) is 5.82 Å². The molecule has 2 aromatic heterocycles. The Morgan fingerprint density at radius 1 is 1.08 bits per heavy atom. The lowest BCUT2D eigenvalue weighted by molar-refractivity contribution is 0.726. The van der Waals surface area contributed by atoms with Crippen LogP contribution in [-0.4, -0.2) is 31.1 Å². The van der Waals surface area contributed by atoms with Crippen LogP contribution < -0.4 is 15.5 Å². The van der Waals surface area contributed by atoms with Crippen molar-refractivity contribution in [2.24, 2.45) is 4.99 Å². The number of hydrogen-bond donors (Lipinski definition) is 2. The van der Waals surface area contributed by atoms with Crippen molar-refractivity contribution in [3.05, 3.63) is 45.8 Å². The minimum absolute atomic E-state index is 0.719.